The number of thiophene rings is 1. The van der Waals surface area contributed by atoms with Gasteiger partial charge in [0.25, 0.3) is 0 Å². The van der Waals surface area contributed by atoms with Crippen LogP contribution >= 0.6 is 11.3 Å². The summed E-state index contributed by atoms with van der Waals surface area (Å²) in [5, 5.41) is 12.9. The summed E-state index contributed by atoms with van der Waals surface area (Å²) in [6.07, 6.45) is 1.90. The lowest BCUT2D eigenvalue weighted by atomic mass is 9.95. The molecule has 0 aliphatic heterocycles. The first kappa shape index (κ1) is 39.5. The molecule has 70 heavy (non-hydrogen) atoms. The van der Waals surface area contributed by atoms with Crippen molar-refractivity contribution in [1.82, 2.24) is 0 Å². The molecular weight excluding hydrogens is 865 g/mol. The van der Waals surface area contributed by atoms with E-state index in [4.69, 9.17) is 0 Å². The number of fused-ring (bicyclic) bond motifs is 16. The number of hydrogen-bond donors (Lipinski definition) is 0. The molecular formula is C67H44N2S. The molecule has 0 atom stereocenters. The van der Waals surface area contributed by atoms with E-state index in [2.05, 4.69) is 241 Å². The van der Waals surface area contributed by atoms with E-state index in [0.29, 0.717) is 0 Å². The van der Waals surface area contributed by atoms with Gasteiger partial charge in [-0.15, -0.1) is 11.3 Å². The fourth-order valence-electron chi connectivity index (χ4n) is 12.0. The molecule has 0 unspecified atom stereocenters. The molecule has 2 nitrogen and oxygen atoms in total. The van der Waals surface area contributed by atoms with E-state index in [1.54, 1.807) is 0 Å². The third-order valence-electron chi connectivity index (χ3n) is 15.4. The van der Waals surface area contributed by atoms with E-state index in [9.17, 15) is 0 Å². The van der Waals surface area contributed by atoms with Gasteiger partial charge >= 0.3 is 0 Å². The standard InChI is InChI=1S/C67H44N2S/c1-68(52-27-23-45-34-49-21-19-41-11-7-9-17-56(41)65(49)59(45)38-52)53-29-30-55(48-25-31-63-61(37-48)67-58-36-44-14-6-5-13-43(44)33-47(58)26-32-64(67)70-63)62(40-53)69(51-15-3-2-4-16-51)54-28-24-46-35-50-22-20-42-12-8-10-18-57(42)66(50)60(46)39-54/h2-33,36-40H,34-35H2,1H3. The first-order valence-electron chi connectivity index (χ1n) is 24.4. The molecule has 0 saturated heterocycles. The number of anilines is 5. The summed E-state index contributed by atoms with van der Waals surface area (Å²) in [7, 11) is 2.22. The fraction of sp³-hybridized carbons (Fsp3) is 0.0448. The van der Waals surface area contributed by atoms with Crippen LogP contribution in [0.4, 0.5) is 28.4 Å². The molecule has 3 heteroatoms. The van der Waals surface area contributed by atoms with Crippen molar-refractivity contribution in [2.75, 3.05) is 16.8 Å². The molecule has 0 bridgehead atoms. The van der Waals surface area contributed by atoms with Crippen molar-refractivity contribution >= 4 is 103 Å². The van der Waals surface area contributed by atoms with Gasteiger partial charge in [-0.2, -0.15) is 0 Å². The van der Waals surface area contributed by atoms with Crippen molar-refractivity contribution in [3.8, 4) is 33.4 Å². The Morgan fingerprint density at radius 2 is 0.900 bits per heavy atom. The molecule has 0 spiro atoms. The predicted molar refractivity (Wildman–Crippen MR) is 300 cm³/mol. The van der Waals surface area contributed by atoms with Crippen LogP contribution in [0.25, 0.3) is 96.6 Å². The van der Waals surface area contributed by atoms with E-state index < -0.39 is 0 Å². The zero-order chi connectivity index (χ0) is 46.0. The third-order valence-corrected chi connectivity index (χ3v) is 16.6. The lowest BCUT2D eigenvalue weighted by Gasteiger charge is -2.30. The van der Waals surface area contributed by atoms with Gasteiger partial charge in [-0.3, -0.25) is 0 Å². The predicted octanol–water partition coefficient (Wildman–Crippen LogP) is 18.7. The Labute approximate surface area is 410 Å². The van der Waals surface area contributed by atoms with Gasteiger partial charge in [-0.1, -0.05) is 146 Å². The van der Waals surface area contributed by atoms with Gasteiger partial charge in [-0.05, 0) is 185 Å². The molecule has 0 radical (unpaired) electrons. The highest BCUT2D eigenvalue weighted by Crippen LogP contribution is 2.50. The molecule has 0 fully saturated rings. The summed E-state index contributed by atoms with van der Waals surface area (Å²) in [6, 6.07) is 84.5. The van der Waals surface area contributed by atoms with Crippen molar-refractivity contribution in [2.45, 2.75) is 12.8 Å². The second kappa shape index (κ2) is 15.3. The maximum atomic E-state index is 2.50. The molecule has 0 amide bonds. The minimum Gasteiger partial charge on any atom is -0.345 e. The van der Waals surface area contributed by atoms with Crippen LogP contribution in [0, 0.1) is 0 Å². The van der Waals surface area contributed by atoms with Crippen LogP contribution in [0.3, 0.4) is 0 Å². The van der Waals surface area contributed by atoms with Crippen molar-refractivity contribution in [3.63, 3.8) is 0 Å². The van der Waals surface area contributed by atoms with E-state index >= 15 is 0 Å². The van der Waals surface area contributed by atoms with Crippen LogP contribution in [-0.4, -0.2) is 7.05 Å². The van der Waals surface area contributed by atoms with Crippen LogP contribution in [0.15, 0.2) is 224 Å². The number of hydrogen-bond acceptors (Lipinski definition) is 3. The highest BCUT2D eigenvalue weighted by Gasteiger charge is 2.27. The van der Waals surface area contributed by atoms with E-state index in [-0.39, 0.29) is 0 Å². The van der Waals surface area contributed by atoms with Crippen LogP contribution in [0.1, 0.15) is 22.3 Å². The summed E-state index contributed by atoms with van der Waals surface area (Å²) in [5.74, 6) is 0. The van der Waals surface area contributed by atoms with Crippen molar-refractivity contribution in [1.29, 1.82) is 0 Å². The molecule has 1 heterocycles. The minimum atomic E-state index is 0.937. The first-order chi connectivity index (χ1) is 34.6. The SMILES string of the molecule is CN(c1ccc2c(c1)-c1c(ccc3ccccc13)C2)c1ccc(-c2ccc3sc4ccc5cc6ccccc6cc5c4c3c2)c(N(c2ccccc2)c2ccc3c(c2)-c2c(ccc4ccccc24)C3)c1. The second-order valence-corrected chi connectivity index (χ2v) is 20.4. The monoisotopic (exact) mass is 908 g/mol. The van der Waals surface area contributed by atoms with Crippen LogP contribution in [0.5, 0.6) is 0 Å². The fourth-order valence-corrected chi connectivity index (χ4v) is 13.1. The molecule has 0 saturated carbocycles. The van der Waals surface area contributed by atoms with Gasteiger partial charge in [0.05, 0.1) is 5.69 Å². The maximum Gasteiger partial charge on any atom is 0.0560 e. The minimum absolute atomic E-state index is 0.937. The van der Waals surface area contributed by atoms with Gasteiger partial charge in [0, 0.05) is 55.5 Å². The Bertz CT molecular complexity index is 4330. The molecule has 1 aromatic heterocycles. The Kier molecular flexibility index (Phi) is 8.60. The average molecular weight is 909 g/mol. The van der Waals surface area contributed by atoms with Crippen molar-refractivity contribution < 1.29 is 0 Å². The maximum absolute atomic E-state index is 2.50. The summed E-state index contributed by atoms with van der Waals surface area (Å²) in [5.41, 5.74) is 19.0. The molecule has 2 aliphatic rings. The highest BCUT2D eigenvalue weighted by atomic mass is 32.1. The van der Waals surface area contributed by atoms with Crippen LogP contribution < -0.4 is 9.80 Å². The largest absolute Gasteiger partial charge is 0.345 e. The van der Waals surface area contributed by atoms with Gasteiger partial charge in [0.15, 0.2) is 0 Å². The van der Waals surface area contributed by atoms with Gasteiger partial charge in [0.2, 0.25) is 0 Å². The number of nitrogens with zero attached hydrogens (tertiary/aromatic N) is 2. The summed E-state index contributed by atoms with van der Waals surface area (Å²) < 4.78 is 2.61. The molecule has 328 valence electrons. The number of para-hydroxylation sites is 1. The Morgan fingerprint density at radius 3 is 1.61 bits per heavy atom. The van der Waals surface area contributed by atoms with E-state index in [1.165, 1.54) is 119 Å². The zero-order valence-electron chi connectivity index (χ0n) is 38.6. The third kappa shape index (κ3) is 6.05. The number of benzene rings is 12. The lowest BCUT2D eigenvalue weighted by molar-refractivity contribution is 1.19. The van der Waals surface area contributed by atoms with Crippen molar-refractivity contribution in [3.05, 3.63) is 247 Å². The number of rotatable bonds is 6. The van der Waals surface area contributed by atoms with Gasteiger partial charge < -0.3 is 9.80 Å². The van der Waals surface area contributed by atoms with Crippen LogP contribution in [-0.2, 0) is 12.8 Å². The zero-order valence-corrected chi connectivity index (χ0v) is 39.4. The summed E-state index contributed by atoms with van der Waals surface area (Å²) >= 11 is 1.89. The normalized spacial score (nSPS) is 12.5. The first-order valence-corrected chi connectivity index (χ1v) is 25.2. The molecule has 0 N–H and O–H groups in total. The van der Waals surface area contributed by atoms with Crippen molar-refractivity contribution in [2.24, 2.45) is 0 Å². The second-order valence-electron chi connectivity index (χ2n) is 19.3. The quantitative estimate of drug-likeness (QED) is 0.153. The highest BCUT2D eigenvalue weighted by molar-refractivity contribution is 7.26. The summed E-state index contributed by atoms with van der Waals surface area (Å²) in [6.45, 7) is 0. The van der Waals surface area contributed by atoms with Crippen LogP contribution in [0.2, 0.25) is 0 Å². The Balaban J connectivity index is 0.945. The topological polar surface area (TPSA) is 6.48 Å². The molecule has 13 aromatic rings. The lowest BCUT2D eigenvalue weighted by Crippen LogP contribution is -2.14. The summed E-state index contributed by atoms with van der Waals surface area (Å²) in [4.78, 5) is 4.87. The molecule has 12 aromatic carbocycles. The van der Waals surface area contributed by atoms with E-state index in [1.807, 2.05) is 11.3 Å². The average Bonchev–Trinajstić information content (AvgIpc) is 4.12. The molecule has 2 aliphatic carbocycles. The van der Waals surface area contributed by atoms with Gasteiger partial charge in [0.1, 0.15) is 0 Å². The Hall–Kier alpha value is -8.50. The smallest absolute Gasteiger partial charge is 0.0560 e. The van der Waals surface area contributed by atoms with E-state index in [0.717, 1.165) is 41.3 Å². The Morgan fingerprint density at radius 1 is 0.343 bits per heavy atom. The van der Waals surface area contributed by atoms with Gasteiger partial charge in [-0.25, -0.2) is 0 Å². The molecule has 15 rings (SSSR count).